The van der Waals surface area contributed by atoms with Crippen molar-refractivity contribution in [2.75, 3.05) is 42.5 Å². The summed E-state index contributed by atoms with van der Waals surface area (Å²) in [6, 6.07) is 11.5. The highest BCUT2D eigenvalue weighted by molar-refractivity contribution is 5.84. The fourth-order valence-electron chi connectivity index (χ4n) is 3.21. The monoisotopic (exact) mass is 352 g/mol. The van der Waals surface area contributed by atoms with Crippen molar-refractivity contribution in [3.8, 4) is 11.4 Å². The second-order valence-electron chi connectivity index (χ2n) is 6.39. The Balaban J connectivity index is 1.60. The van der Waals surface area contributed by atoms with Crippen LogP contribution in [0.2, 0.25) is 0 Å². The van der Waals surface area contributed by atoms with E-state index in [-0.39, 0.29) is 0 Å². The lowest BCUT2D eigenvalue weighted by Gasteiger charge is -2.34. The number of aromatic amines is 1. The van der Waals surface area contributed by atoms with Gasteiger partial charge in [0.1, 0.15) is 5.82 Å². The molecule has 1 fully saturated rings. The van der Waals surface area contributed by atoms with E-state index < -0.39 is 6.09 Å². The van der Waals surface area contributed by atoms with Crippen LogP contribution in [0.3, 0.4) is 0 Å². The molecule has 3 aromatic rings. The van der Waals surface area contributed by atoms with Crippen LogP contribution in [0.5, 0.6) is 0 Å². The van der Waals surface area contributed by atoms with Gasteiger partial charge in [0, 0.05) is 37.4 Å². The van der Waals surface area contributed by atoms with Crippen LogP contribution in [0.1, 0.15) is 0 Å². The molecule has 1 amide bonds. The Morgan fingerprint density at radius 1 is 1.04 bits per heavy atom. The van der Waals surface area contributed by atoms with Gasteiger partial charge < -0.3 is 31.4 Å². The number of nitrogen functional groups attached to an aromatic ring is 2. The summed E-state index contributed by atoms with van der Waals surface area (Å²) in [5, 5.41) is 9.06. The number of H-pyrrole nitrogens is 1. The zero-order valence-corrected chi connectivity index (χ0v) is 14.1. The maximum Gasteiger partial charge on any atom is 0.407 e. The SMILES string of the molecule is Nc1ccc(-c2nc3ccc(N4CCN(C(=O)O)CC4)cc3[nH]2)cc1N. The molecular formula is C18H20N6O2. The minimum Gasteiger partial charge on any atom is -0.465 e. The number of fused-ring (bicyclic) bond motifs is 1. The minimum atomic E-state index is -0.860. The summed E-state index contributed by atoms with van der Waals surface area (Å²) in [4.78, 5) is 22.6. The molecule has 0 saturated carbocycles. The minimum absolute atomic E-state index is 0.506. The Morgan fingerprint density at radius 3 is 2.50 bits per heavy atom. The summed E-state index contributed by atoms with van der Waals surface area (Å²) in [5.41, 5.74) is 16.5. The van der Waals surface area contributed by atoms with Crippen LogP contribution in [0.25, 0.3) is 22.4 Å². The number of carbonyl (C=O) groups is 1. The number of aromatic nitrogens is 2. The van der Waals surface area contributed by atoms with Gasteiger partial charge in [0.2, 0.25) is 0 Å². The fourth-order valence-corrected chi connectivity index (χ4v) is 3.21. The Bertz CT molecular complexity index is 975. The third-order valence-corrected chi connectivity index (χ3v) is 4.74. The van der Waals surface area contributed by atoms with Gasteiger partial charge >= 0.3 is 6.09 Å². The third-order valence-electron chi connectivity index (χ3n) is 4.74. The number of nitrogens with zero attached hydrogens (tertiary/aromatic N) is 3. The van der Waals surface area contributed by atoms with Crippen LogP contribution in [-0.2, 0) is 0 Å². The summed E-state index contributed by atoms with van der Waals surface area (Å²) in [6.45, 7) is 2.36. The number of amides is 1. The van der Waals surface area contributed by atoms with Crippen LogP contribution < -0.4 is 16.4 Å². The molecule has 6 N–H and O–H groups in total. The average molecular weight is 352 g/mol. The van der Waals surface area contributed by atoms with Gasteiger partial charge in [0.15, 0.2) is 0 Å². The van der Waals surface area contributed by atoms with E-state index >= 15 is 0 Å². The summed E-state index contributed by atoms with van der Waals surface area (Å²) < 4.78 is 0. The summed E-state index contributed by atoms with van der Waals surface area (Å²) in [5.74, 6) is 0.736. The zero-order valence-electron chi connectivity index (χ0n) is 14.1. The maximum atomic E-state index is 11.0. The topological polar surface area (TPSA) is 124 Å². The van der Waals surface area contributed by atoms with Gasteiger partial charge in [-0.05, 0) is 36.4 Å². The molecule has 1 aliphatic heterocycles. The summed E-state index contributed by atoms with van der Waals surface area (Å²) in [7, 11) is 0. The third kappa shape index (κ3) is 2.85. The molecule has 8 nitrogen and oxygen atoms in total. The summed E-state index contributed by atoms with van der Waals surface area (Å²) in [6.07, 6.45) is -0.860. The highest BCUT2D eigenvalue weighted by atomic mass is 16.4. The van der Waals surface area contributed by atoms with Gasteiger partial charge in [0.25, 0.3) is 0 Å². The molecule has 0 unspecified atom stereocenters. The number of benzene rings is 2. The number of rotatable bonds is 2. The standard InChI is InChI=1S/C18H20N6O2/c19-13-3-1-11(9-14(13)20)17-21-15-4-2-12(10-16(15)22-17)23-5-7-24(8-6-23)18(25)26/h1-4,9-10H,5-8,19-20H2,(H,21,22)(H,25,26). The van der Waals surface area contributed by atoms with E-state index in [1.54, 1.807) is 12.1 Å². The molecule has 2 aromatic carbocycles. The van der Waals surface area contributed by atoms with E-state index in [1.807, 2.05) is 24.3 Å². The van der Waals surface area contributed by atoms with Gasteiger partial charge in [-0.1, -0.05) is 0 Å². The molecule has 2 heterocycles. The Morgan fingerprint density at radius 2 is 1.81 bits per heavy atom. The van der Waals surface area contributed by atoms with Gasteiger partial charge in [-0.15, -0.1) is 0 Å². The maximum absolute atomic E-state index is 11.0. The van der Waals surface area contributed by atoms with Crippen molar-refractivity contribution in [1.29, 1.82) is 0 Å². The smallest absolute Gasteiger partial charge is 0.407 e. The molecular weight excluding hydrogens is 332 g/mol. The quantitative estimate of drug-likeness (QED) is 0.524. The highest BCUT2D eigenvalue weighted by Gasteiger charge is 2.21. The molecule has 4 rings (SSSR count). The van der Waals surface area contributed by atoms with Crippen molar-refractivity contribution in [3.63, 3.8) is 0 Å². The lowest BCUT2D eigenvalue weighted by molar-refractivity contribution is 0.142. The summed E-state index contributed by atoms with van der Waals surface area (Å²) >= 11 is 0. The fraction of sp³-hybridized carbons (Fsp3) is 0.222. The largest absolute Gasteiger partial charge is 0.465 e. The van der Waals surface area contributed by atoms with Crippen molar-refractivity contribution in [1.82, 2.24) is 14.9 Å². The molecule has 8 heteroatoms. The van der Waals surface area contributed by atoms with Crippen molar-refractivity contribution >= 4 is 34.2 Å². The molecule has 0 atom stereocenters. The molecule has 0 radical (unpaired) electrons. The van der Waals surface area contributed by atoms with Crippen molar-refractivity contribution < 1.29 is 9.90 Å². The first-order valence-electron chi connectivity index (χ1n) is 8.39. The number of anilines is 3. The first-order chi connectivity index (χ1) is 12.5. The van der Waals surface area contributed by atoms with E-state index in [0.29, 0.717) is 37.6 Å². The normalized spacial score (nSPS) is 14.8. The molecule has 26 heavy (non-hydrogen) atoms. The predicted octanol–water partition coefficient (Wildman–Crippen LogP) is 2.19. The van der Waals surface area contributed by atoms with Crippen LogP contribution in [0.4, 0.5) is 21.9 Å². The van der Waals surface area contributed by atoms with Crippen molar-refractivity contribution in [2.45, 2.75) is 0 Å². The van der Waals surface area contributed by atoms with Gasteiger partial charge in [-0.2, -0.15) is 0 Å². The number of imidazole rings is 1. The molecule has 1 aromatic heterocycles. The lowest BCUT2D eigenvalue weighted by atomic mass is 10.1. The van der Waals surface area contributed by atoms with Gasteiger partial charge in [0.05, 0.1) is 22.4 Å². The molecule has 134 valence electrons. The van der Waals surface area contributed by atoms with E-state index in [9.17, 15) is 4.79 Å². The van der Waals surface area contributed by atoms with Crippen molar-refractivity contribution in [3.05, 3.63) is 36.4 Å². The van der Waals surface area contributed by atoms with Gasteiger partial charge in [-0.25, -0.2) is 9.78 Å². The Labute approximate surface area is 150 Å². The van der Waals surface area contributed by atoms with Gasteiger partial charge in [-0.3, -0.25) is 0 Å². The van der Waals surface area contributed by atoms with Crippen LogP contribution in [0, 0.1) is 0 Å². The van der Waals surface area contributed by atoms with Crippen LogP contribution in [0.15, 0.2) is 36.4 Å². The number of piperazine rings is 1. The Kier molecular flexibility index (Phi) is 3.80. The predicted molar refractivity (Wildman–Crippen MR) is 102 cm³/mol. The number of carboxylic acid groups (broad SMARTS) is 1. The molecule has 0 spiro atoms. The first kappa shape index (κ1) is 16.1. The number of hydrogen-bond acceptors (Lipinski definition) is 5. The highest BCUT2D eigenvalue weighted by Crippen LogP contribution is 2.27. The van der Waals surface area contributed by atoms with Crippen molar-refractivity contribution in [2.24, 2.45) is 0 Å². The first-order valence-corrected chi connectivity index (χ1v) is 8.39. The van der Waals surface area contributed by atoms with E-state index in [0.717, 1.165) is 28.1 Å². The van der Waals surface area contributed by atoms with Crippen LogP contribution >= 0.6 is 0 Å². The molecule has 0 bridgehead atoms. The molecule has 1 aliphatic rings. The second-order valence-corrected chi connectivity index (χ2v) is 6.39. The lowest BCUT2D eigenvalue weighted by Crippen LogP contribution is -2.48. The second kappa shape index (κ2) is 6.14. The zero-order chi connectivity index (χ0) is 18.3. The van der Waals surface area contributed by atoms with Crippen LogP contribution in [-0.4, -0.2) is 52.2 Å². The number of hydrogen-bond donors (Lipinski definition) is 4. The number of nitrogens with one attached hydrogen (secondary N) is 1. The molecule has 1 saturated heterocycles. The van der Waals surface area contributed by atoms with E-state index in [1.165, 1.54) is 4.90 Å². The van der Waals surface area contributed by atoms with E-state index in [2.05, 4.69) is 14.9 Å². The Hall–Kier alpha value is -3.42. The number of nitrogens with two attached hydrogens (primary N) is 2. The van der Waals surface area contributed by atoms with E-state index in [4.69, 9.17) is 16.6 Å². The molecule has 0 aliphatic carbocycles. The average Bonchev–Trinajstić information content (AvgIpc) is 3.07.